The van der Waals surface area contributed by atoms with Gasteiger partial charge in [0.1, 0.15) is 5.75 Å². The molecule has 1 heterocycles. The summed E-state index contributed by atoms with van der Waals surface area (Å²) in [5.74, 6) is -0.420. The summed E-state index contributed by atoms with van der Waals surface area (Å²) in [7, 11) is 0. The summed E-state index contributed by atoms with van der Waals surface area (Å²) in [5, 5.41) is 0. The SMILES string of the molecule is CCCC1(N)CN(C(=O)c2ccccc2OC(F)F)C1. The first-order chi connectivity index (χ1) is 9.45. The van der Waals surface area contributed by atoms with Crippen molar-refractivity contribution in [3.05, 3.63) is 29.8 Å². The maximum absolute atomic E-state index is 12.3. The van der Waals surface area contributed by atoms with Crippen LogP contribution in [0.15, 0.2) is 24.3 Å². The maximum atomic E-state index is 12.3. The van der Waals surface area contributed by atoms with Crippen LogP contribution < -0.4 is 10.5 Å². The van der Waals surface area contributed by atoms with Gasteiger partial charge in [-0.25, -0.2) is 0 Å². The molecule has 6 heteroatoms. The summed E-state index contributed by atoms with van der Waals surface area (Å²) in [4.78, 5) is 13.8. The second-order valence-electron chi connectivity index (χ2n) is 5.15. The van der Waals surface area contributed by atoms with Crippen LogP contribution in [0.3, 0.4) is 0 Å². The number of rotatable bonds is 5. The molecule has 1 aromatic rings. The number of carbonyl (C=O) groups excluding carboxylic acids is 1. The van der Waals surface area contributed by atoms with Gasteiger partial charge >= 0.3 is 6.61 Å². The van der Waals surface area contributed by atoms with E-state index in [1.807, 2.05) is 6.92 Å². The van der Waals surface area contributed by atoms with Crippen LogP contribution in [0, 0.1) is 0 Å². The quantitative estimate of drug-likeness (QED) is 0.902. The molecule has 0 unspecified atom stereocenters. The van der Waals surface area contributed by atoms with Gasteiger partial charge in [-0.05, 0) is 18.6 Å². The van der Waals surface area contributed by atoms with E-state index in [1.165, 1.54) is 12.1 Å². The van der Waals surface area contributed by atoms with Gasteiger partial charge in [0.15, 0.2) is 0 Å². The van der Waals surface area contributed by atoms with Crippen LogP contribution in [0.5, 0.6) is 5.75 Å². The van der Waals surface area contributed by atoms with Crippen LogP contribution >= 0.6 is 0 Å². The Morgan fingerprint density at radius 2 is 2.10 bits per heavy atom. The molecule has 1 saturated heterocycles. The molecule has 0 saturated carbocycles. The van der Waals surface area contributed by atoms with Crippen LogP contribution in [0.25, 0.3) is 0 Å². The molecule has 0 atom stereocenters. The number of benzene rings is 1. The van der Waals surface area contributed by atoms with Crippen molar-refractivity contribution >= 4 is 5.91 Å². The second-order valence-corrected chi connectivity index (χ2v) is 5.15. The van der Waals surface area contributed by atoms with Gasteiger partial charge in [-0.3, -0.25) is 4.79 Å². The van der Waals surface area contributed by atoms with Gasteiger partial charge in [-0.1, -0.05) is 25.5 Å². The van der Waals surface area contributed by atoms with Crippen molar-refractivity contribution in [2.45, 2.75) is 31.9 Å². The van der Waals surface area contributed by atoms with Crippen molar-refractivity contribution in [1.29, 1.82) is 0 Å². The number of alkyl halides is 2. The molecule has 1 aliphatic rings. The molecule has 2 rings (SSSR count). The van der Waals surface area contributed by atoms with Gasteiger partial charge in [0.25, 0.3) is 5.91 Å². The van der Waals surface area contributed by atoms with Gasteiger partial charge in [-0.2, -0.15) is 8.78 Å². The summed E-state index contributed by atoms with van der Waals surface area (Å²) >= 11 is 0. The lowest BCUT2D eigenvalue weighted by molar-refractivity contribution is -0.0504. The van der Waals surface area contributed by atoms with E-state index in [1.54, 1.807) is 17.0 Å². The van der Waals surface area contributed by atoms with E-state index in [0.717, 1.165) is 12.8 Å². The van der Waals surface area contributed by atoms with Gasteiger partial charge in [-0.15, -0.1) is 0 Å². The number of halogens is 2. The van der Waals surface area contributed by atoms with E-state index in [4.69, 9.17) is 5.73 Å². The maximum Gasteiger partial charge on any atom is 0.387 e. The molecule has 1 aromatic carbocycles. The summed E-state index contributed by atoms with van der Waals surface area (Å²) in [6, 6.07) is 6.01. The van der Waals surface area contributed by atoms with Gasteiger partial charge in [0, 0.05) is 13.1 Å². The summed E-state index contributed by atoms with van der Waals surface area (Å²) in [6.45, 7) is -0.0231. The molecular weight excluding hydrogens is 266 g/mol. The minimum Gasteiger partial charge on any atom is -0.434 e. The monoisotopic (exact) mass is 284 g/mol. The Morgan fingerprint density at radius 3 is 2.70 bits per heavy atom. The van der Waals surface area contributed by atoms with Crippen molar-refractivity contribution in [2.24, 2.45) is 5.73 Å². The lowest BCUT2D eigenvalue weighted by Gasteiger charge is -2.47. The molecule has 110 valence electrons. The van der Waals surface area contributed by atoms with Crippen LogP contribution in [-0.4, -0.2) is 36.0 Å². The fourth-order valence-electron chi connectivity index (χ4n) is 2.53. The van der Waals surface area contributed by atoms with Crippen LogP contribution in [0.4, 0.5) is 8.78 Å². The van der Waals surface area contributed by atoms with Crippen molar-refractivity contribution < 1.29 is 18.3 Å². The summed E-state index contributed by atoms with van der Waals surface area (Å²) in [5.41, 5.74) is 5.89. The number of nitrogens with two attached hydrogens (primary N) is 1. The third kappa shape index (κ3) is 3.07. The first-order valence-corrected chi connectivity index (χ1v) is 6.57. The zero-order chi connectivity index (χ0) is 14.8. The van der Waals surface area contributed by atoms with E-state index in [9.17, 15) is 13.6 Å². The molecule has 4 nitrogen and oxygen atoms in total. The van der Waals surface area contributed by atoms with Gasteiger partial charge in [0.2, 0.25) is 0 Å². The number of hydrogen-bond acceptors (Lipinski definition) is 3. The topological polar surface area (TPSA) is 55.6 Å². The molecule has 0 aliphatic carbocycles. The molecule has 1 aliphatic heterocycles. The molecular formula is C14H18F2N2O2. The minimum absolute atomic E-state index is 0.0995. The van der Waals surface area contributed by atoms with Crippen molar-refractivity contribution in [3.8, 4) is 5.75 Å². The molecule has 1 amide bonds. The standard InChI is InChI=1S/C14H18F2N2O2/c1-2-7-14(17)8-18(9-14)12(19)10-5-3-4-6-11(10)20-13(15)16/h3-6,13H,2,7-9,17H2,1H3. The first kappa shape index (κ1) is 14.7. The summed E-state index contributed by atoms with van der Waals surface area (Å²) in [6.07, 6.45) is 1.79. The lowest BCUT2D eigenvalue weighted by atomic mass is 9.86. The second kappa shape index (κ2) is 5.75. The van der Waals surface area contributed by atoms with E-state index in [-0.39, 0.29) is 22.8 Å². The Balaban J connectivity index is 2.08. The Bertz CT molecular complexity index is 488. The minimum atomic E-state index is -2.95. The zero-order valence-electron chi connectivity index (χ0n) is 11.3. The number of likely N-dealkylation sites (tertiary alicyclic amines) is 1. The molecule has 0 aromatic heterocycles. The first-order valence-electron chi connectivity index (χ1n) is 6.57. The summed E-state index contributed by atoms with van der Waals surface area (Å²) < 4.78 is 29.0. The highest BCUT2D eigenvalue weighted by molar-refractivity contribution is 5.97. The van der Waals surface area contributed by atoms with E-state index >= 15 is 0 Å². The largest absolute Gasteiger partial charge is 0.434 e. The molecule has 1 fully saturated rings. The van der Waals surface area contributed by atoms with Gasteiger partial charge in [0.05, 0.1) is 11.1 Å². The fraction of sp³-hybridized carbons (Fsp3) is 0.500. The third-order valence-electron chi connectivity index (χ3n) is 3.38. The van der Waals surface area contributed by atoms with Crippen molar-refractivity contribution in [3.63, 3.8) is 0 Å². The average Bonchev–Trinajstić information content (AvgIpc) is 2.35. The normalized spacial score (nSPS) is 16.9. The van der Waals surface area contributed by atoms with Crippen molar-refractivity contribution in [1.82, 2.24) is 4.90 Å². The number of hydrogen-bond donors (Lipinski definition) is 1. The van der Waals surface area contributed by atoms with Crippen LogP contribution in [-0.2, 0) is 0 Å². The van der Waals surface area contributed by atoms with Crippen LogP contribution in [0.2, 0.25) is 0 Å². The smallest absolute Gasteiger partial charge is 0.387 e. The number of amides is 1. The number of carbonyl (C=O) groups is 1. The zero-order valence-corrected chi connectivity index (χ0v) is 11.3. The molecule has 20 heavy (non-hydrogen) atoms. The van der Waals surface area contributed by atoms with Gasteiger partial charge < -0.3 is 15.4 Å². The Labute approximate surface area is 116 Å². The highest BCUT2D eigenvalue weighted by Crippen LogP contribution is 2.28. The lowest BCUT2D eigenvalue weighted by Crippen LogP contribution is -2.68. The highest BCUT2D eigenvalue weighted by atomic mass is 19.3. The molecule has 0 spiro atoms. The number of para-hydroxylation sites is 1. The third-order valence-corrected chi connectivity index (χ3v) is 3.38. The Hall–Kier alpha value is -1.69. The molecule has 0 bridgehead atoms. The van der Waals surface area contributed by atoms with E-state index in [0.29, 0.717) is 13.1 Å². The predicted molar refractivity (Wildman–Crippen MR) is 70.8 cm³/mol. The van der Waals surface area contributed by atoms with Crippen LogP contribution in [0.1, 0.15) is 30.1 Å². The average molecular weight is 284 g/mol. The van der Waals surface area contributed by atoms with Crippen molar-refractivity contribution in [2.75, 3.05) is 13.1 Å². The Morgan fingerprint density at radius 1 is 1.45 bits per heavy atom. The predicted octanol–water partition coefficient (Wildman–Crippen LogP) is 2.24. The van der Waals surface area contributed by atoms with E-state index < -0.39 is 6.61 Å². The number of ether oxygens (including phenoxy) is 1. The Kier molecular flexibility index (Phi) is 4.23. The molecule has 2 N–H and O–H groups in total. The molecule has 0 radical (unpaired) electrons. The van der Waals surface area contributed by atoms with E-state index in [2.05, 4.69) is 4.74 Å². The number of nitrogens with zero attached hydrogens (tertiary/aromatic N) is 1. The highest BCUT2D eigenvalue weighted by Gasteiger charge is 2.41. The fourth-order valence-corrected chi connectivity index (χ4v) is 2.53.